The van der Waals surface area contributed by atoms with Gasteiger partial charge in [-0.1, -0.05) is 12.1 Å². The van der Waals surface area contributed by atoms with E-state index >= 15 is 0 Å². The van der Waals surface area contributed by atoms with Crippen LogP contribution in [0.1, 0.15) is 11.1 Å². The molecule has 0 atom stereocenters. The van der Waals surface area contributed by atoms with Crippen LogP contribution >= 0.6 is 0 Å². The predicted molar refractivity (Wildman–Crippen MR) is 89.7 cm³/mol. The van der Waals surface area contributed by atoms with E-state index in [0.29, 0.717) is 25.3 Å². The Labute approximate surface area is 143 Å². The molecule has 2 aromatic carbocycles. The van der Waals surface area contributed by atoms with E-state index in [1.165, 1.54) is 12.1 Å². The van der Waals surface area contributed by atoms with Crippen molar-refractivity contribution in [1.29, 1.82) is 0 Å². The highest BCUT2D eigenvalue weighted by atomic mass is 19.4. The van der Waals surface area contributed by atoms with Crippen molar-refractivity contribution >= 4 is 10.9 Å². The molecule has 0 amide bonds. The number of alkyl halides is 3. The molecule has 3 rings (SSSR count). The average Bonchev–Trinajstić information content (AvgIpc) is 2.97. The van der Waals surface area contributed by atoms with Gasteiger partial charge >= 0.3 is 6.18 Å². The van der Waals surface area contributed by atoms with E-state index in [2.05, 4.69) is 0 Å². The van der Waals surface area contributed by atoms with Crippen molar-refractivity contribution < 1.29 is 23.0 Å². The largest absolute Gasteiger partial charge is 0.493 e. The molecule has 25 heavy (non-hydrogen) atoms. The van der Waals surface area contributed by atoms with Gasteiger partial charge in [0.1, 0.15) is 5.75 Å². The summed E-state index contributed by atoms with van der Waals surface area (Å²) in [5, 5.41) is 10.1. The molecular formula is C19H18F3NO2. The molecule has 0 saturated heterocycles. The minimum absolute atomic E-state index is 0.0583. The van der Waals surface area contributed by atoms with Crippen molar-refractivity contribution in [2.24, 2.45) is 0 Å². The van der Waals surface area contributed by atoms with Crippen molar-refractivity contribution in [3.05, 3.63) is 65.9 Å². The van der Waals surface area contributed by atoms with Gasteiger partial charge in [0, 0.05) is 25.2 Å². The molecule has 0 fully saturated rings. The van der Waals surface area contributed by atoms with Gasteiger partial charge in [0.25, 0.3) is 0 Å². The lowest BCUT2D eigenvalue weighted by Crippen LogP contribution is -2.06. The summed E-state index contributed by atoms with van der Waals surface area (Å²) in [5.74, 6) is 0.692. The maximum absolute atomic E-state index is 12.5. The second kappa shape index (κ2) is 7.19. The van der Waals surface area contributed by atoms with Gasteiger partial charge in [-0.15, -0.1) is 0 Å². The number of aliphatic hydroxyl groups is 1. The summed E-state index contributed by atoms with van der Waals surface area (Å²) in [7, 11) is 0. The van der Waals surface area contributed by atoms with E-state index < -0.39 is 11.7 Å². The first kappa shape index (κ1) is 17.4. The molecule has 0 saturated carbocycles. The molecule has 0 aliphatic heterocycles. The summed E-state index contributed by atoms with van der Waals surface area (Å²) in [6, 6.07) is 12.8. The fourth-order valence-corrected chi connectivity index (χ4v) is 2.70. The highest BCUT2D eigenvalue weighted by Crippen LogP contribution is 2.29. The zero-order valence-electron chi connectivity index (χ0n) is 13.5. The van der Waals surface area contributed by atoms with Crippen molar-refractivity contribution in [3.8, 4) is 5.75 Å². The van der Waals surface area contributed by atoms with Crippen LogP contribution < -0.4 is 4.74 Å². The van der Waals surface area contributed by atoms with Crippen LogP contribution in [0.15, 0.2) is 54.7 Å². The Kier molecular flexibility index (Phi) is 4.99. The smallest absolute Gasteiger partial charge is 0.416 e. The van der Waals surface area contributed by atoms with Crippen LogP contribution in [0.25, 0.3) is 10.9 Å². The molecule has 1 heterocycles. The molecule has 0 bridgehead atoms. The molecule has 0 radical (unpaired) electrons. The minimum Gasteiger partial charge on any atom is -0.493 e. The van der Waals surface area contributed by atoms with Gasteiger partial charge in [-0.25, -0.2) is 0 Å². The van der Waals surface area contributed by atoms with Crippen LogP contribution in [0.5, 0.6) is 5.75 Å². The summed E-state index contributed by atoms with van der Waals surface area (Å²) in [6.45, 7) is 0.943. The monoisotopic (exact) mass is 349 g/mol. The van der Waals surface area contributed by atoms with Crippen molar-refractivity contribution in [2.45, 2.75) is 19.1 Å². The van der Waals surface area contributed by atoms with Crippen LogP contribution in [0.3, 0.4) is 0 Å². The topological polar surface area (TPSA) is 34.4 Å². The summed E-state index contributed by atoms with van der Waals surface area (Å²) < 4.78 is 45.3. The van der Waals surface area contributed by atoms with Gasteiger partial charge in [-0.05, 0) is 41.3 Å². The third kappa shape index (κ3) is 4.14. The number of aliphatic hydroxyl groups excluding tert-OH is 1. The van der Waals surface area contributed by atoms with E-state index in [-0.39, 0.29) is 6.61 Å². The van der Waals surface area contributed by atoms with Gasteiger partial charge in [-0.3, -0.25) is 0 Å². The molecule has 3 nitrogen and oxygen atoms in total. The van der Waals surface area contributed by atoms with Gasteiger partial charge < -0.3 is 14.4 Å². The lowest BCUT2D eigenvalue weighted by atomic mass is 10.1. The number of hydrogen-bond acceptors (Lipinski definition) is 2. The Hall–Kier alpha value is -2.47. The van der Waals surface area contributed by atoms with Crippen LogP contribution in [-0.4, -0.2) is 22.9 Å². The van der Waals surface area contributed by atoms with E-state index in [1.807, 2.05) is 35.0 Å². The fraction of sp³-hybridized carbons (Fsp3) is 0.263. The third-order valence-corrected chi connectivity index (χ3v) is 4.03. The Morgan fingerprint density at radius 2 is 1.76 bits per heavy atom. The Morgan fingerprint density at radius 3 is 2.44 bits per heavy atom. The second-order valence-electron chi connectivity index (χ2n) is 5.75. The molecule has 6 heteroatoms. The standard InChI is InChI=1S/C19H18F3NO2/c20-19(21,22)16-4-1-14(2-5-16)8-12-25-17-6-3-15-7-9-23(10-11-24)18(15)13-17/h1-7,9,13,24H,8,10-12H2. The molecule has 132 valence electrons. The molecule has 0 unspecified atom stereocenters. The summed E-state index contributed by atoms with van der Waals surface area (Å²) >= 11 is 0. The number of benzene rings is 2. The van der Waals surface area contributed by atoms with Crippen LogP contribution in [0.2, 0.25) is 0 Å². The fourth-order valence-electron chi connectivity index (χ4n) is 2.70. The maximum Gasteiger partial charge on any atom is 0.416 e. The molecule has 0 aliphatic rings. The van der Waals surface area contributed by atoms with Crippen molar-refractivity contribution in [3.63, 3.8) is 0 Å². The zero-order chi connectivity index (χ0) is 17.9. The summed E-state index contributed by atoms with van der Waals surface area (Å²) in [4.78, 5) is 0. The number of halogens is 3. The predicted octanol–water partition coefficient (Wildman–Crippen LogP) is 4.27. The van der Waals surface area contributed by atoms with E-state index in [1.54, 1.807) is 0 Å². The van der Waals surface area contributed by atoms with Crippen molar-refractivity contribution in [2.75, 3.05) is 13.2 Å². The summed E-state index contributed by atoms with van der Waals surface area (Å²) in [6.07, 6.45) is -1.88. The highest BCUT2D eigenvalue weighted by molar-refractivity contribution is 5.81. The highest BCUT2D eigenvalue weighted by Gasteiger charge is 2.29. The van der Waals surface area contributed by atoms with E-state index in [0.717, 1.165) is 28.6 Å². The minimum atomic E-state index is -4.31. The third-order valence-electron chi connectivity index (χ3n) is 4.03. The first-order valence-electron chi connectivity index (χ1n) is 7.96. The van der Waals surface area contributed by atoms with Crippen LogP contribution in [-0.2, 0) is 19.1 Å². The number of aromatic nitrogens is 1. The number of rotatable bonds is 6. The second-order valence-corrected chi connectivity index (χ2v) is 5.75. The van der Waals surface area contributed by atoms with Crippen LogP contribution in [0.4, 0.5) is 13.2 Å². The first-order chi connectivity index (χ1) is 12.0. The van der Waals surface area contributed by atoms with Crippen LogP contribution in [0, 0.1) is 0 Å². The molecule has 0 spiro atoms. The Morgan fingerprint density at radius 1 is 1.00 bits per heavy atom. The molecule has 0 aliphatic carbocycles. The number of ether oxygens (including phenoxy) is 1. The molecular weight excluding hydrogens is 331 g/mol. The SMILES string of the molecule is OCCn1ccc2ccc(OCCc3ccc(C(F)(F)F)cc3)cc21. The molecule has 3 aromatic rings. The van der Waals surface area contributed by atoms with Gasteiger partial charge in [0.2, 0.25) is 0 Å². The van der Waals surface area contributed by atoms with Gasteiger partial charge in [-0.2, -0.15) is 13.2 Å². The first-order valence-corrected chi connectivity index (χ1v) is 7.96. The zero-order valence-corrected chi connectivity index (χ0v) is 13.5. The molecule has 1 aromatic heterocycles. The number of fused-ring (bicyclic) bond motifs is 1. The molecule has 1 N–H and O–H groups in total. The number of hydrogen-bond donors (Lipinski definition) is 1. The Balaban J connectivity index is 1.62. The number of nitrogens with zero attached hydrogens (tertiary/aromatic N) is 1. The van der Waals surface area contributed by atoms with E-state index in [9.17, 15) is 13.2 Å². The lowest BCUT2D eigenvalue weighted by Gasteiger charge is -2.09. The maximum atomic E-state index is 12.5. The lowest BCUT2D eigenvalue weighted by molar-refractivity contribution is -0.137. The van der Waals surface area contributed by atoms with Gasteiger partial charge in [0.05, 0.1) is 24.3 Å². The normalized spacial score (nSPS) is 11.8. The Bertz CT molecular complexity index is 838. The van der Waals surface area contributed by atoms with Crippen molar-refractivity contribution in [1.82, 2.24) is 4.57 Å². The van der Waals surface area contributed by atoms with Gasteiger partial charge in [0.15, 0.2) is 0 Å². The van der Waals surface area contributed by atoms with E-state index in [4.69, 9.17) is 9.84 Å². The average molecular weight is 349 g/mol. The summed E-state index contributed by atoms with van der Waals surface area (Å²) in [5.41, 5.74) is 1.12. The quantitative estimate of drug-likeness (QED) is 0.721.